The molecule has 3 rings (SSSR count). The van der Waals surface area contributed by atoms with Gasteiger partial charge in [0.2, 0.25) is 11.8 Å². The van der Waals surface area contributed by atoms with Gasteiger partial charge >= 0.3 is 0 Å². The number of hydrogen-bond acceptors (Lipinski definition) is 4. The molecule has 2 aliphatic rings. The number of carbonyl (C=O) groups is 2. The Hall–Kier alpha value is -2.06. The van der Waals surface area contributed by atoms with Crippen molar-refractivity contribution in [2.24, 2.45) is 0 Å². The summed E-state index contributed by atoms with van der Waals surface area (Å²) in [4.78, 5) is 34.1. The summed E-state index contributed by atoms with van der Waals surface area (Å²) in [5, 5.41) is 0. The molecule has 0 unspecified atom stereocenters. The zero-order valence-corrected chi connectivity index (χ0v) is 21.0. The van der Waals surface area contributed by atoms with Crippen LogP contribution < -0.4 is 4.90 Å². The van der Waals surface area contributed by atoms with Crippen molar-refractivity contribution in [2.75, 3.05) is 50.7 Å². The first-order chi connectivity index (χ1) is 16.3. The lowest BCUT2D eigenvalue weighted by Gasteiger charge is -2.34. The maximum absolute atomic E-state index is 14.3. The lowest BCUT2D eigenvalue weighted by molar-refractivity contribution is -0.133. The summed E-state index contributed by atoms with van der Waals surface area (Å²) >= 11 is 0. The molecular weight excluding hydrogens is 438 g/mol. The van der Waals surface area contributed by atoms with Crippen LogP contribution >= 0.6 is 0 Å². The van der Waals surface area contributed by atoms with Crippen LogP contribution in [0.15, 0.2) is 12.1 Å². The van der Waals surface area contributed by atoms with E-state index in [-0.39, 0.29) is 24.8 Å². The van der Waals surface area contributed by atoms with Crippen LogP contribution in [0, 0.1) is 11.6 Å². The number of fused-ring (bicyclic) bond motifs is 1. The predicted octanol–water partition coefficient (Wildman–Crippen LogP) is 4.03. The Morgan fingerprint density at radius 2 is 1.50 bits per heavy atom. The minimum atomic E-state index is -0.977. The van der Waals surface area contributed by atoms with Crippen LogP contribution in [0.3, 0.4) is 0 Å². The highest BCUT2D eigenvalue weighted by Gasteiger charge is 2.25. The molecule has 0 atom stereocenters. The Morgan fingerprint density at radius 3 is 2.15 bits per heavy atom. The van der Waals surface area contributed by atoms with Gasteiger partial charge in [-0.2, -0.15) is 0 Å². The fraction of sp³-hybridized carbons (Fsp3) is 0.692. The van der Waals surface area contributed by atoms with Crippen LogP contribution in [-0.2, 0) is 16.1 Å². The Labute approximate surface area is 202 Å². The normalized spacial score (nSPS) is 19.5. The summed E-state index contributed by atoms with van der Waals surface area (Å²) in [6.07, 6.45) is 5.19. The molecule has 6 nitrogen and oxygen atoms in total. The molecule has 190 valence electrons. The summed E-state index contributed by atoms with van der Waals surface area (Å²) in [7, 11) is 0. The average Bonchev–Trinajstić information content (AvgIpc) is 2.81. The van der Waals surface area contributed by atoms with Gasteiger partial charge in [-0.25, -0.2) is 8.78 Å². The lowest BCUT2D eigenvalue weighted by atomic mass is 10.1. The first-order valence-electron chi connectivity index (χ1n) is 12.8. The van der Waals surface area contributed by atoms with E-state index in [1.165, 1.54) is 6.42 Å². The molecule has 0 aliphatic carbocycles. The van der Waals surface area contributed by atoms with E-state index < -0.39 is 11.6 Å². The van der Waals surface area contributed by atoms with E-state index in [0.717, 1.165) is 64.0 Å². The number of hydrogen-bond donors (Lipinski definition) is 0. The summed E-state index contributed by atoms with van der Waals surface area (Å²) in [6.45, 7) is 11.0. The highest BCUT2D eigenvalue weighted by molar-refractivity contribution is 5.94. The Bertz CT molecular complexity index is 842. The fourth-order valence-electron chi connectivity index (χ4n) is 4.96. The van der Waals surface area contributed by atoms with E-state index in [4.69, 9.17) is 0 Å². The number of nitrogens with zero attached hydrogens (tertiary/aromatic N) is 4. The molecule has 0 bridgehead atoms. The molecule has 8 heteroatoms. The van der Waals surface area contributed by atoms with Crippen LogP contribution in [0.2, 0.25) is 0 Å². The molecule has 0 N–H and O–H groups in total. The third kappa shape index (κ3) is 6.98. The van der Waals surface area contributed by atoms with Gasteiger partial charge in [0.05, 0.1) is 12.2 Å². The van der Waals surface area contributed by atoms with Crippen molar-refractivity contribution < 1.29 is 18.4 Å². The topological polar surface area (TPSA) is 47.1 Å². The zero-order chi connectivity index (χ0) is 24.7. The molecule has 1 fully saturated rings. The number of piperidine rings is 1. The molecule has 2 amide bonds. The van der Waals surface area contributed by atoms with E-state index in [1.807, 2.05) is 0 Å². The second-order valence-electron chi connectivity index (χ2n) is 9.78. The predicted molar refractivity (Wildman–Crippen MR) is 131 cm³/mol. The van der Waals surface area contributed by atoms with Gasteiger partial charge in [0, 0.05) is 51.3 Å². The van der Waals surface area contributed by atoms with Crippen molar-refractivity contribution in [3.8, 4) is 0 Å². The van der Waals surface area contributed by atoms with Crippen molar-refractivity contribution in [1.29, 1.82) is 0 Å². The van der Waals surface area contributed by atoms with E-state index in [9.17, 15) is 18.4 Å². The number of amides is 2. The van der Waals surface area contributed by atoms with Gasteiger partial charge in [-0.3, -0.25) is 14.5 Å². The van der Waals surface area contributed by atoms with Crippen molar-refractivity contribution in [1.82, 2.24) is 14.7 Å². The monoisotopic (exact) mass is 478 g/mol. The summed E-state index contributed by atoms with van der Waals surface area (Å²) in [5.41, 5.74) is 0.854. The Morgan fingerprint density at radius 1 is 0.853 bits per heavy atom. The maximum atomic E-state index is 14.3. The number of anilines is 1. The first-order valence-corrected chi connectivity index (χ1v) is 12.8. The van der Waals surface area contributed by atoms with Crippen LogP contribution in [0.1, 0.15) is 64.9 Å². The molecular formula is C26H40F2N4O2. The zero-order valence-electron chi connectivity index (χ0n) is 21.0. The summed E-state index contributed by atoms with van der Waals surface area (Å²) in [5.74, 6) is -2.07. The number of halogens is 2. The highest BCUT2D eigenvalue weighted by atomic mass is 19.2. The van der Waals surface area contributed by atoms with Crippen LogP contribution in [0.5, 0.6) is 0 Å². The largest absolute Gasteiger partial charge is 0.337 e. The average molecular weight is 479 g/mol. The molecule has 34 heavy (non-hydrogen) atoms. The number of carbonyl (C=O) groups excluding carboxylic acids is 2. The third-order valence-electron chi connectivity index (χ3n) is 6.97. The van der Waals surface area contributed by atoms with Crippen LogP contribution in [0.25, 0.3) is 0 Å². The van der Waals surface area contributed by atoms with Gasteiger partial charge in [-0.1, -0.05) is 13.3 Å². The maximum Gasteiger partial charge on any atom is 0.237 e. The summed E-state index contributed by atoms with van der Waals surface area (Å²) < 4.78 is 28.7. The second kappa shape index (κ2) is 12.6. The minimum absolute atomic E-state index is 0.000826. The SMILES string of the molecule is CCC(=O)N1CCCN(C(C)C)CCCN(C(=O)CN2CCCCC2)Cc2cc(F)c(F)cc21. The second-order valence-corrected chi connectivity index (χ2v) is 9.78. The number of likely N-dealkylation sites (tertiary alicyclic amines) is 1. The molecule has 1 aromatic carbocycles. The van der Waals surface area contributed by atoms with E-state index in [2.05, 4.69) is 23.6 Å². The molecule has 1 aromatic rings. The van der Waals surface area contributed by atoms with E-state index in [1.54, 1.807) is 16.7 Å². The third-order valence-corrected chi connectivity index (χ3v) is 6.97. The molecule has 0 spiro atoms. The summed E-state index contributed by atoms with van der Waals surface area (Å²) in [6, 6.07) is 2.63. The standard InChI is InChI=1S/C26H40F2N4O2/c1-4-25(33)32-15-9-13-30(20(2)3)12-8-14-31(26(34)19-29-10-6-5-7-11-29)18-21-16-22(27)23(28)17-24(21)32/h16-17,20H,4-15,18-19H2,1-3H3. The van der Waals surface area contributed by atoms with Gasteiger partial charge in [0.15, 0.2) is 11.6 Å². The van der Waals surface area contributed by atoms with Crippen molar-refractivity contribution >= 4 is 17.5 Å². The van der Waals surface area contributed by atoms with Gasteiger partial charge < -0.3 is 14.7 Å². The highest BCUT2D eigenvalue weighted by Crippen LogP contribution is 2.27. The minimum Gasteiger partial charge on any atom is -0.337 e. The molecule has 0 radical (unpaired) electrons. The van der Waals surface area contributed by atoms with Gasteiger partial charge in [-0.15, -0.1) is 0 Å². The molecule has 2 aliphatic heterocycles. The van der Waals surface area contributed by atoms with Gasteiger partial charge in [0.25, 0.3) is 0 Å². The lowest BCUT2D eigenvalue weighted by Crippen LogP contribution is -2.44. The molecule has 0 saturated carbocycles. The van der Waals surface area contributed by atoms with Gasteiger partial charge in [-0.05, 0) is 64.3 Å². The van der Waals surface area contributed by atoms with Crippen molar-refractivity contribution in [3.63, 3.8) is 0 Å². The molecule has 0 aromatic heterocycles. The van der Waals surface area contributed by atoms with Crippen molar-refractivity contribution in [2.45, 2.75) is 71.9 Å². The van der Waals surface area contributed by atoms with Crippen LogP contribution in [0.4, 0.5) is 14.5 Å². The fourth-order valence-corrected chi connectivity index (χ4v) is 4.96. The quantitative estimate of drug-likeness (QED) is 0.656. The van der Waals surface area contributed by atoms with Gasteiger partial charge in [0.1, 0.15) is 0 Å². The van der Waals surface area contributed by atoms with E-state index >= 15 is 0 Å². The number of rotatable bonds is 4. The molecule has 1 saturated heterocycles. The first kappa shape index (κ1) is 26.5. The number of benzene rings is 1. The Kier molecular flexibility index (Phi) is 9.83. The Balaban J connectivity index is 1.94. The van der Waals surface area contributed by atoms with E-state index in [0.29, 0.717) is 36.9 Å². The van der Waals surface area contributed by atoms with Crippen molar-refractivity contribution in [3.05, 3.63) is 29.3 Å². The smallest absolute Gasteiger partial charge is 0.237 e. The molecule has 2 heterocycles. The van der Waals surface area contributed by atoms with Crippen LogP contribution in [-0.4, -0.2) is 78.4 Å².